The van der Waals surface area contributed by atoms with Crippen LogP contribution in [0.1, 0.15) is 37.0 Å². The fourth-order valence-electron chi connectivity index (χ4n) is 4.27. The van der Waals surface area contributed by atoms with Crippen molar-refractivity contribution in [2.75, 3.05) is 19.6 Å². The second-order valence-electron chi connectivity index (χ2n) is 6.97. The number of hydrogen-bond acceptors (Lipinski definition) is 4. The highest BCUT2D eigenvalue weighted by atomic mass is 16.3. The fourth-order valence-corrected chi connectivity index (χ4v) is 4.27. The molecule has 0 unspecified atom stereocenters. The summed E-state index contributed by atoms with van der Waals surface area (Å²) in [5.41, 5.74) is 1.75. The third-order valence-electron chi connectivity index (χ3n) is 5.58. The van der Waals surface area contributed by atoms with Crippen molar-refractivity contribution in [3.8, 4) is 0 Å². The molecule has 4 nitrogen and oxygen atoms in total. The zero-order valence-corrected chi connectivity index (χ0v) is 13.7. The van der Waals surface area contributed by atoms with E-state index in [1.807, 2.05) is 24.5 Å². The smallest absolute Gasteiger partial charge is 0.117 e. The van der Waals surface area contributed by atoms with Crippen molar-refractivity contribution in [1.82, 2.24) is 14.8 Å². The molecule has 2 saturated heterocycles. The van der Waals surface area contributed by atoms with Crippen LogP contribution in [0.15, 0.2) is 47.3 Å². The standard InChI is InChI=1S/C19H25N3O/c1-4-17(14-20-9-1)15-22-10-3-6-19(22)7-11-21(12-8-19)16-18-5-2-13-23-18/h1-2,4-5,9,13-14H,3,6-8,10-12,15-16H2. The zero-order valence-electron chi connectivity index (χ0n) is 13.7. The molecule has 4 heterocycles. The molecule has 2 aliphatic heterocycles. The van der Waals surface area contributed by atoms with Crippen LogP contribution in [0.3, 0.4) is 0 Å². The normalized spacial score (nSPS) is 21.9. The number of piperidine rings is 1. The van der Waals surface area contributed by atoms with Crippen LogP contribution in [0.5, 0.6) is 0 Å². The average Bonchev–Trinajstić information content (AvgIpc) is 3.22. The van der Waals surface area contributed by atoms with Gasteiger partial charge in [-0.3, -0.25) is 14.8 Å². The first-order valence-electron chi connectivity index (χ1n) is 8.73. The van der Waals surface area contributed by atoms with E-state index >= 15 is 0 Å². The van der Waals surface area contributed by atoms with Crippen molar-refractivity contribution < 1.29 is 4.42 Å². The molecule has 0 radical (unpaired) electrons. The molecular formula is C19H25N3O. The predicted octanol–water partition coefficient (Wildman–Crippen LogP) is 3.31. The van der Waals surface area contributed by atoms with Gasteiger partial charge in [-0.2, -0.15) is 0 Å². The van der Waals surface area contributed by atoms with Crippen LogP contribution in [0.25, 0.3) is 0 Å². The minimum Gasteiger partial charge on any atom is -0.468 e. The van der Waals surface area contributed by atoms with Crippen LogP contribution in [-0.2, 0) is 13.1 Å². The second-order valence-corrected chi connectivity index (χ2v) is 6.97. The Bertz CT molecular complexity index is 603. The van der Waals surface area contributed by atoms with Crippen LogP contribution in [-0.4, -0.2) is 40.0 Å². The molecule has 122 valence electrons. The van der Waals surface area contributed by atoms with E-state index in [2.05, 4.69) is 26.9 Å². The molecule has 2 fully saturated rings. The van der Waals surface area contributed by atoms with E-state index in [1.54, 1.807) is 6.26 Å². The number of rotatable bonds is 4. The topological polar surface area (TPSA) is 32.5 Å². The monoisotopic (exact) mass is 311 g/mol. The molecule has 0 aliphatic carbocycles. The number of likely N-dealkylation sites (tertiary alicyclic amines) is 2. The number of pyridine rings is 1. The van der Waals surface area contributed by atoms with E-state index in [1.165, 1.54) is 50.9 Å². The Kier molecular flexibility index (Phi) is 4.19. The van der Waals surface area contributed by atoms with Gasteiger partial charge >= 0.3 is 0 Å². The average molecular weight is 311 g/mol. The van der Waals surface area contributed by atoms with Crippen LogP contribution in [0, 0.1) is 0 Å². The van der Waals surface area contributed by atoms with Gasteiger partial charge in [0.05, 0.1) is 12.8 Å². The van der Waals surface area contributed by atoms with Gasteiger partial charge in [0, 0.05) is 37.6 Å². The summed E-state index contributed by atoms with van der Waals surface area (Å²) in [6.07, 6.45) is 10.9. The van der Waals surface area contributed by atoms with Crippen LogP contribution < -0.4 is 0 Å². The lowest BCUT2D eigenvalue weighted by atomic mass is 9.84. The third-order valence-corrected chi connectivity index (χ3v) is 5.58. The maximum Gasteiger partial charge on any atom is 0.117 e. The minimum atomic E-state index is 0.412. The van der Waals surface area contributed by atoms with E-state index in [4.69, 9.17) is 4.42 Å². The molecule has 23 heavy (non-hydrogen) atoms. The molecular weight excluding hydrogens is 286 g/mol. The molecule has 0 atom stereocenters. The molecule has 2 aliphatic rings. The molecule has 1 spiro atoms. The number of nitrogens with zero attached hydrogens (tertiary/aromatic N) is 3. The Labute approximate surface area is 138 Å². The van der Waals surface area contributed by atoms with Gasteiger partial charge in [0.15, 0.2) is 0 Å². The van der Waals surface area contributed by atoms with Crippen molar-refractivity contribution in [3.63, 3.8) is 0 Å². The second kappa shape index (κ2) is 6.46. The van der Waals surface area contributed by atoms with Gasteiger partial charge in [0.25, 0.3) is 0 Å². The van der Waals surface area contributed by atoms with Crippen LogP contribution in [0.4, 0.5) is 0 Å². The predicted molar refractivity (Wildman–Crippen MR) is 89.8 cm³/mol. The lowest BCUT2D eigenvalue weighted by Crippen LogP contribution is -2.51. The van der Waals surface area contributed by atoms with E-state index in [0.29, 0.717) is 5.54 Å². The molecule has 0 N–H and O–H groups in total. The lowest BCUT2D eigenvalue weighted by molar-refractivity contribution is 0.0426. The summed E-state index contributed by atoms with van der Waals surface area (Å²) in [7, 11) is 0. The Morgan fingerprint density at radius 1 is 1.04 bits per heavy atom. The summed E-state index contributed by atoms with van der Waals surface area (Å²) in [5.74, 6) is 1.08. The number of hydrogen-bond donors (Lipinski definition) is 0. The largest absolute Gasteiger partial charge is 0.468 e. The van der Waals surface area contributed by atoms with Gasteiger partial charge in [-0.1, -0.05) is 6.07 Å². The maximum absolute atomic E-state index is 5.49. The zero-order chi connectivity index (χ0) is 15.5. The number of aromatic nitrogens is 1. The number of furan rings is 1. The molecule has 0 amide bonds. The Morgan fingerprint density at radius 3 is 2.70 bits per heavy atom. The summed E-state index contributed by atoms with van der Waals surface area (Å²) >= 11 is 0. The molecule has 2 aromatic rings. The van der Waals surface area contributed by atoms with Crippen molar-refractivity contribution in [2.24, 2.45) is 0 Å². The summed E-state index contributed by atoms with van der Waals surface area (Å²) in [6, 6.07) is 8.30. The minimum absolute atomic E-state index is 0.412. The first-order chi connectivity index (χ1) is 11.3. The summed E-state index contributed by atoms with van der Waals surface area (Å²) in [5, 5.41) is 0. The van der Waals surface area contributed by atoms with Gasteiger partial charge in [0.2, 0.25) is 0 Å². The van der Waals surface area contributed by atoms with Gasteiger partial charge < -0.3 is 4.42 Å². The van der Waals surface area contributed by atoms with Crippen molar-refractivity contribution in [1.29, 1.82) is 0 Å². The summed E-state index contributed by atoms with van der Waals surface area (Å²) in [4.78, 5) is 9.52. The fraction of sp³-hybridized carbons (Fsp3) is 0.526. The molecule has 0 bridgehead atoms. The van der Waals surface area contributed by atoms with E-state index in [9.17, 15) is 0 Å². The van der Waals surface area contributed by atoms with Crippen molar-refractivity contribution in [3.05, 3.63) is 54.2 Å². The van der Waals surface area contributed by atoms with Crippen LogP contribution in [0.2, 0.25) is 0 Å². The van der Waals surface area contributed by atoms with Crippen molar-refractivity contribution in [2.45, 2.75) is 44.3 Å². The Morgan fingerprint density at radius 2 is 1.96 bits per heavy atom. The SMILES string of the molecule is c1cncc(CN2CCCC23CCN(Cc2ccco2)CC3)c1. The molecule has 0 saturated carbocycles. The van der Waals surface area contributed by atoms with E-state index < -0.39 is 0 Å². The Hall–Kier alpha value is -1.65. The van der Waals surface area contributed by atoms with Gasteiger partial charge in [0.1, 0.15) is 5.76 Å². The van der Waals surface area contributed by atoms with Crippen molar-refractivity contribution >= 4 is 0 Å². The summed E-state index contributed by atoms with van der Waals surface area (Å²) in [6.45, 7) is 5.57. The Balaban J connectivity index is 1.38. The van der Waals surface area contributed by atoms with Gasteiger partial charge in [-0.15, -0.1) is 0 Å². The molecule has 4 heteroatoms. The highest BCUT2D eigenvalue weighted by Gasteiger charge is 2.42. The highest BCUT2D eigenvalue weighted by molar-refractivity contribution is 5.11. The molecule has 2 aromatic heterocycles. The van der Waals surface area contributed by atoms with E-state index in [0.717, 1.165) is 18.8 Å². The van der Waals surface area contributed by atoms with E-state index in [-0.39, 0.29) is 0 Å². The quantitative estimate of drug-likeness (QED) is 0.867. The maximum atomic E-state index is 5.49. The first kappa shape index (κ1) is 14.9. The lowest BCUT2D eigenvalue weighted by Gasteiger charge is -2.45. The van der Waals surface area contributed by atoms with Crippen LogP contribution >= 0.6 is 0 Å². The summed E-state index contributed by atoms with van der Waals surface area (Å²) < 4.78 is 5.49. The van der Waals surface area contributed by atoms with Gasteiger partial charge in [-0.25, -0.2) is 0 Å². The highest BCUT2D eigenvalue weighted by Crippen LogP contribution is 2.39. The third kappa shape index (κ3) is 3.19. The first-order valence-corrected chi connectivity index (χ1v) is 8.73. The van der Waals surface area contributed by atoms with Gasteiger partial charge in [-0.05, 0) is 56.0 Å². The molecule has 4 rings (SSSR count). The molecule has 0 aromatic carbocycles.